The van der Waals surface area contributed by atoms with Crippen LogP contribution in [0.15, 0.2) is 43.9 Å². The molecule has 2 rings (SSSR count). The molecular formula is C15H14Br3NO2. The van der Waals surface area contributed by atoms with Gasteiger partial charge in [0.25, 0.3) is 0 Å². The van der Waals surface area contributed by atoms with E-state index < -0.39 is 11.7 Å². The quantitative estimate of drug-likeness (QED) is 0.485. The van der Waals surface area contributed by atoms with E-state index in [-0.39, 0.29) is 0 Å². The Kier molecular flexibility index (Phi) is 5.00. The van der Waals surface area contributed by atoms with Crippen LogP contribution in [-0.2, 0) is 4.74 Å². The lowest BCUT2D eigenvalue weighted by Crippen LogP contribution is -2.27. The van der Waals surface area contributed by atoms with Crippen molar-refractivity contribution in [3.8, 4) is 11.3 Å². The van der Waals surface area contributed by atoms with Crippen LogP contribution in [0.5, 0.6) is 0 Å². The third-order valence-corrected chi connectivity index (χ3v) is 4.91. The van der Waals surface area contributed by atoms with E-state index in [9.17, 15) is 4.79 Å². The topological polar surface area (TPSA) is 31.2 Å². The van der Waals surface area contributed by atoms with Gasteiger partial charge in [-0.3, -0.25) is 4.57 Å². The maximum Gasteiger partial charge on any atom is 0.419 e. The number of carbonyl (C=O) groups excluding carboxylic acids is 1. The van der Waals surface area contributed by atoms with Crippen molar-refractivity contribution in [2.75, 3.05) is 0 Å². The van der Waals surface area contributed by atoms with Crippen molar-refractivity contribution in [3.05, 3.63) is 43.9 Å². The lowest BCUT2D eigenvalue weighted by atomic mass is 10.1. The van der Waals surface area contributed by atoms with Crippen LogP contribution in [0.25, 0.3) is 11.3 Å². The number of benzene rings is 1. The van der Waals surface area contributed by atoms with E-state index >= 15 is 0 Å². The molecule has 0 aliphatic carbocycles. The lowest BCUT2D eigenvalue weighted by molar-refractivity contribution is 0.0540. The first-order valence-corrected chi connectivity index (χ1v) is 8.62. The molecule has 0 fully saturated rings. The molecule has 0 aliphatic rings. The summed E-state index contributed by atoms with van der Waals surface area (Å²) in [6, 6.07) is 7.71. The number of rotatable bonds is 1. The van der Waals surface area contributed by atoms with E-state index in [4.69, 9.17) is 4.74 Å². The fourth-order valence-electron chi connectivity index (χ4n) is 1.77. The van der Waals surface area contributed by atoms with Crippen molar-refractivity contribution in [3.63, 3.8) is 0 Å². The monoisotopic (exact) mass is 477 g/mol. The molecule has 112 valence electrons. The molecule has 3 nitrogen and oxygen atoms in total. The highest BCUT2D eigenvalue weighted by atomic mass is 79.9. The molecule has 6 heteroatoms. The summed E-state index contributed by atoms with van der Waals surface area (Å²) in [5.74, 6) is 0. The Morgan fingerprint density at radius 3 is 2.33 bits per heavy atom. The molecule has 1 aromatic carbocycles. The van der Waals surface area contributed by atoms with Crippen LogP contribution >= 0.6 is 47.8 Å². The molecule has 0 aliphatic heterocycles. The third-order valence-electron chi connectivity index (χ3n) is 2.59. The van der Waals surface area contributed by atoms with Crippen molar-refractivity contribution < 1.29 is 9.53 Å². The molecule has 0 radical (unpaired) electrons. The minimum Gasteiger partial charge on any atom is -0.443 e. The van der Waals surface area contributed by atoms with E-state index in [0.29, 0.717) is 0 Å². The zero-order chi connectivity index (χ0) is 15.8. The molecule has 21 heavy (non-hydrogen) atoms. The molecule has 2 aromatic rings. The van der Waals surface area contributed by atoms with Crippen molar-refractivity contribution in [2.45, 2.75) is 26.4 Å². The van der Waals surface area contributed by atoms with Gasteiger partial charge in [-0.05, 0) is 92.3 Å². The number of halogens is 3. The van der Waals surface area contributed by atoms with E-state index in [1.807, 2.05) is 45.0 Å². The first-order chi connectivity index (χ1) is 9.67. The van der Waals surface area contributed by atoms with Gasteiger partial charge >= 0.3 is 6.09 Å². The lowest BCUT2D eigenvalue weighted by Gasteiger charge is -2.20. The standard InChI is InChI=1S/C15H14Br3NO2/c1-15(2,3)21-14(20)19-8-10(16)7-13(19)9-4-5-11(17)12(18)6-9/h4-8H,1-3H3. The second kappa shape index (κ2) is 6.26. The fraction of sp³-hybridized carbons (Fsp3) is 0.267. The maximum absolute atomic E-state index is 12.3. The van der Waals surface area contributed by atoms with Crippen LogP contribution in [0.3, 0.4) is 0 Å². The highest BCUT2D eigenvalue weighted by Gasteiger charge is 2.21. The molecule has 0 spiro atoms. The Morgan fingerprint density at radius 2 is 1.76 bits per heavy atom. The average Bonchev–Trinajstić information content (AvgIpc) is 2.73. The maximum atomic E-state index is 12.3. The Labute approximate surface area is 149 Å². The van der Waals surface area contributed by atoms with Crippen LogP contribution < -0.4 is 0 Å². The van der Waals surface area contributed by atoms with Gasteiger partial charge in [-0.25, -0.2) is 4.79 Å². The van der Waals surface area contributed by atoms with Crippen LogP contribution in [0, 0.1) is 0 Å². The highest BCUT2D eigenvalue weighted by molar-refractivity contribution is 9.13. The van der Waals surface area contributed by atoms with Crippen molar-refractivity contribution in [2.24, 2.45) is 0 Å². The summed E-state index contributed by atoms with van der Waals surface area (Å²) >= 11 is 10.3. The molecule has 0 atom stereocenters. The second-order valence-electron chi connectivity index (χ2n) is 5.52. The summed E-state index contributed by atoms with van der Waals surface area (Å²) in [5.41, 5.74) is 1.15. The van der Waals surface area contributed by atoms with Gasteiger partial charge in [-0.15, -0.1) is 0 Å². The number of carbonyl (C=O) groups is 1. The molecule has 1 aromatic heterocycles. The van der Waals surface area contributed by atoms with Gasteiger partial charge < -0.3 is 4.74 Å². The third kappa shape index (κ3) is 4.20. The predicted octanol–water partition coefficient (Wildman–Crippen LogP) is 6.23. The zero-order valence-electron chi connectivity index (χ0n) is 11.8. The van der Waals surface area contributed by atoms with Gasteiger partial charge in [0.1, 0.15) is 5.60 Å². The number of aromatic nitrogens is 1. The SMILES string of the molecule is CC(C)(C)OC(=O)n1cc(Br)cc1-c1ccc(Br)c(Br)c1. The summed E-state index contributed by atoms with van der Waals surface area (Å²) in [6.07, 6.45) is 1.31. The number of hydrogen-bond acceptors (Lipinski definition) is 2. The van der Waals surface area contributed by atoms with Crippen LogP contribution in [0.4, 0.5) is 4.79 Å². The summed E-state index contributed by atoms with van der Waals surface area (Å²) in [5, 5.41) is 0. The van der Waals surface area contributed by atoms with E-state index in [1.54, 1.807) is 6.20 Å². The summed E-state index contributed by atoms with van der Waals surface area (Å²) in [4.78, 5) is 12.3. The van der Waals surface area contributed by atoms with Gasteiger partial charge in [0.2, 0.25) is 0 Å². The molecule has 0 unspecified atom stereocenters. The first-order valence-electron chi connectivity index (χ1n) is 6.24. The Morgan fingerprint density at radius 1 is 1.10 bits per heavy atom. The molecule has 0 N–H and O–H groups in total. The molecular weight excluding hydrogens is 466 g/mol. The van der Waals surface area contributed by atoms with Gasteiger partial charge in [0, 0.05) is 19.6 Å². The summed E-state index contributed by atoms with van der Waals surface area (Å²) < 4.78 is 9.65. The first kappa shape index (κ1) is 16.8. The summed E-state index contributed by atoms with van der Waals surface area (Å²) in [7, 11) is 0. The number of hydrogen-bond donors (Lipinski definition) is 0. The zero-order valence-corrected chi connectivity index (χ0v) is 16.5. The van der Waals surface area contributed by atoms with E-state index in [0.717, 1.165) is 24.7 Å². The van der Waals surface area contributed by atoms with Gasteiger partial charge in [0.05, 0.1) is 5.69 Å². The molecule has 1 heterocycles. The minimum absolute atomic E-state index is 0.401. The number of nitrogens with zero attached hydrogens (tertiary/aromatic N) is 1. The highest BCUT2D eigenvalue weighted by Crippen LogP contribution is 2.31. The Bertz CT molecular complexity index is 687. The molecule has 0 saturated carbocycles. The predicted molar refractivity (Wildman–Crippen MR) is 94.6 cm³/mol. The second-order valence-corrected chi connectivity index (χ2v) is 8.15. The Balaban J connectivity index is 2.45. The summed E-state index contributed by atoms with van der Waals surface area (Å²) in [6.45, 7) is 5.54. The fourth-order valence-corrected chi connectivity index (χ4v) is 2.82. The largest absolute Gasteiger partial charge is 0.443 e. The average molecular weight is 480 g/mol. The van der Waals surface area contributed by atoms with Gasteiger partial charge in [0.15, 0.2) is 0 Å². The van der Waals surface area contributed by atoms with Crippen molar-refractivity contribution >= 4 is 53.9 Å². The van der Waals surface area contributed by atoms with E-state index in [1.165, 1.54) is 4.57 Å². The Hall–Kier alpha value is -0.590. The molecule has 0 bridgehead atoms. The van der Waals surface area contributed by atoms with Crippen LogP contribution in [-0.4, -0.2) is 16.3 Å². The molecule has 0 amide bonds. The molecule has 0 saturated heterocycles. The minimum atomic E-state index is -0.536. The van der Waals surface area contributed by atoms with Gasteiger partial charge in [-0.1, -0.05) is 6.07 Å². The van der Waals surface area contributed by atoms with Crippen LogP contribution in [0.1, 0.15) is 20.8 Å². The van der Waals surface area contributed by atoms with Gasteiger partial charge in [-0.2, -0.15) is 0 Å². The van der Waals surface area contributed by atoms with Crippen LogP contribution in [0.2, 0.25) is 0 Å². The normalized spacial score (nSPS) is 11.5. The smallest absolute Gasteiger partial charge is 0.419 e. The van der Waals surface area contributed by atoms with Crippen molar-refractivity contribution in [1.82, 2.24) is 4.57 Å². The number of ether oxygens (including phenoxy) is 1. The van der Waals surface area contributed by atoms with E-state index in [2.05, 4.69) is 47.8 Å². The van der Waals surface area contributed by atoms with Crippen molar-refractivity contribution in [1.29, 1.82) is 0 Å².